The van der Waals surface area contributed by atoms with E-state index in [2.05, 4.69) is 35.0 Å². The third-order valence-corrected chi connectivity index (χ3v) is 3.35. The molecule has 0 amide bonds. The lowest BCUT2D eigenvalue weighted by Gasteiger charge is -2.07. The van der Waals surface area contributed by atoms with E-state index in [0.29, 0.717) is 12.0 Å². The van der Waals surface area contributed by atoms with Crippen molar-refractivity contribution in [3.8, 4) is 12.1 Å². The summed E-state index contributed by atoms with van der Waals surface area (Å²) < 4.78 is 0.880. The average Bonchev–Trinajstić information content (AvgIpc) is 2.29. The van der Waals surface area contributed by atoms with Gasteiger partial charge in [-0.15, -0.1) is 0 Å². The summed E-state index contributed by atoms with van der Waals surface area (Å²) in [6.45, 7) is 2.14. The van der Waals surface area contributed by atoms with Crippen LogP contribution in [0.25, 0.3) is 0 Å². The van der Waals surface area contributed by atoms with E-state index in [1.807, 2.05) is 6.07 Å². The molecule has 0 unspecified atom stereocenters. The normalized spacial score (nSPS) is 9.50. The van der Waals surface area contributed by atoms with Crippen molar-refractivity contribution in [2.75, 3.05) is 0 Å². The largest absolute Gasteiger partial charge is 0.198 e. The summed E-state index contributed by atoms with van der Waals surface area (Å²) in [5, 5.41) is 17.7. The second kappa shape index (κ2) is 6.30. The number of hydrogen-bond acceptors (Lipinski definition) is 2. The van der Waals surface area contributed by atoms with Gasteiger partial charge in [0.2, 0.25) is 0 Å². The van der Waals surface area contributed by atoms with Crippen LogP contribution in [0.1, 0.15) is 36.5 Å². The van der Waals surface area contributed by atoms with Crippen molar-refractivity contribution in [1.82, 2.24) is 0 Å². The lowest BCUT2D eigenvalue weighted by Crippen LogP contribution is -1.94. The Bertz CT molecular complexity index is 452. The molecule has 2 nitrogen and oxygen atoms in total. The Morgan fingerprint density at radius 3 is 2.62 bits per heavy atom. The first kappa shape index (κ1) is 12.7. The predicted molar refractivity (Wildman–Crippen MR) is 66.8 cm³/mol. The summed E-state index contributed by atoms with van der Waals surface area (Å²) in [5.74, 6) is 0. The fourth-order valence-corrected chi connectivity index (χ4v) is 2.09. The minimum Gasteiger partial charge on any atom is -0.198 e. The molecule has 0 aliphatic rings. The minimum atomic E-state index is 0.362. The summed E-state index contributed by atoms with van der Waals surface area (Å²) in [7, 11) is 0. The van der Waals surface area contributed by atoms with Gasteiger partial charge in [0.15, 0.2) is 0 Å². The van der Waals surface area contributed by atoms with Crippen LogP contribution in [0.5, 0.6) is 0 Å². The topological polar surface area (TPSA) is 47.6 Å². The minimum absolute atomic E-state index is 0.362. The summed E-state index contributed by atoms with van der Waals surface area (Å²) in [6, 6.07) is 8.07. The number of nitriles is 2. The molecule has 16 heavy (non-hydrogen) atoms. The van der Waals surface area contributed by atoms with Gasteiger partial charge in [-0.1, -0.05) is 19.4 Å². The summed E-state index contributed by atoms with van der Waals surface area (Å²) in [5.41, 5.74) is 2.68. The van der Waals surface area contributed by atoms with Gasteiger partial charge in [0.25, 0.3) is 0 Å². The van der Waals surface area contributed by atoms with Crippen LogP contribution in [0.15, 0.2) is 16.6 Å². The van der Waals surface area contributed by atoms with Gasteiger partial charge in [-0.3, -0.25) is 0 Å². The van der Waals surface area contributed by atoms with E-state index < -0.39 is 0 Å². The molecule has 0 heterocycles. The highest BCUT2D eigenvalue weighted by atomic mass is 79.9. The average molecular weight is 277 g/mol. The maximum absolute atomic E-state index is 9.00. The smallest absolute Gasteiger partial charge is 0.100 e. The third kappa shape index (κ3) is 3.08. The van der Waals surface area contributed by atoms with Gasteiger partial charge in [0, 0.05) is 4.47 Å². The Kier molecular flexibility index (Phi) is 5.02. The quantitative estimate of drug-likeness (QED) is 0.841. The molecule has 3 heteroatoms. The fraction of sp³-hybridized carbons (Fsp3) is 0.385. The molecule has 0 radical (unpaired) electrons. The van der Waals surface area contributed by atoms with E-state index in [0.717, 1.165) is 34.9 Å². The highest BCUT2D eigenvalue weighted by molar-refractivity contribution is 9.10. The summed E-state index contributed by atoms with van der Waals surface area (Å²) in [4.78, 5) is 0. The number of nitrogens with zero attached hydrogens (tertiary/aromatic N) is 2. The molecule has 82 valence electrons. The molecule has 0 N–H and O–H groups in total. The molecule has 0 saturated carbocycles. The maximum Gasteiger partial charge on any atom is 0.100 e. The molecule has 0 aliphatic heterocycles. The summed E-state index contributed by atoms with van der Waals surface area (Å²) >= 11 is 3.45. The van der Waals surface area contributed by atoms with E-state index in [1.54, 1.807) is 6.07 Å². The first-order chi connectivity index (χ1) is 7.72. The molecule has 0 saturated heterocycles. The molecule has 0 fully saturated rings. The van der Waals surface area contributed by atoms with Crippen LogP contribution in [-0.2, 0) is 12.8 Å². The molecule has 1 rings (SSSR count). The van der Waals surface area contributed by atoms with Crippen LogP contribution in [0.4, 0.5) is 0 Å². The zero-order valence-corrected chi connectivity index (χ0v) is 10.8. The fourth-order valence-electron chi connectivity index (χ4n) is 1.57. The van der Waals surface area contributed by atoms with Crippen molar-refractivity contribution < 1.29 is 0 Å². The first-order valence-corrected chi connectivity index (χ1v) is 6.10. The van der Waals surface area contributed by atoms with Crippen LogP contribution in [0, 0.1) is 22.7 Å². The van der Waals surface area contributed by atoms with Gasteiger partial charge in [-0.2, -0.15) is 10.5 Å². The van der Waals surface area contributed by atoms with Gasteiger partial charge in [-0.25, -0.2) is 0 Å². The van der Waals surface area contributed by atoms with Crippen molar-refractivity contribution >= 4 is 15.9 Å². The number of benzene rings is 1. The van der Waals surface area contributed by atoms with Gasteiger partial charge in [-0.05, 0) is 46.0 Å². The van der Waals surface area contributed by atoms with Crippen molar-refractivity contribution in [2.45, 2.75) is 32.6 Å². The van der Waals surface area contributed by atoms with Crippen LogP contribution < -0.4 is 0 Å². The third-order valence-electron chi connectivity index (χ3n) is 2.41. The monoisotopic (exact) mass is 276 g/mol. The second-order valence-electron chi connectivity index (χ2n) is 3.67. The Morgan fingerprint density at radius 2 is 2.06 bits per heavy atom. The second-order valence-corrected chi connectivity index (χ2v) is 4.46. The van der Waals surface area contributed by atoms with Gasteiger partial charge < -0.3 is 0 Å². The molecule has 0 atom stereocenters. The zero-order chi connectivity index (χ0) is 12.0. The van der Waals surface area contributed by atoms with Crippen LogP contribution >= 0.6 is 15.9 Å². The predicted octanol–water partition coefficient (Wildman–Crippen LogP) is 3.73. The number of rotatable bonds is 4. The molecule has 1 aromatic carbocycles. The molecule has 0 aliphatic carbocycles. The van der Waals surface area contributed by atoms with E-state index in [9.17, 15) is 0 Å². The number of hydrogen-bond donors (Lipinski definition) is 0. The lowest BCUT2D eigenvalue weighted by atomic mass is 10.0. The number of aryl methyl sites for hydroxylation is 1. The van der Waals surface area contributed by atoms with Crippen molar-refractivity contribution in [2.24, 2.45) is 0 Å². The maximum atomic E-state index is 9.00. The van der Waals surface area contributed by atoms with Crippen molar-refractivity contribution in [3.63, 3.8) is 0 Å². The van der Waals surface area contributed by atoms with Crippen LogP contribution in [-0.4, -0.2) is 0 Å². The standard InChI is InChI=1S/C13H13BrN2/c1-2-3-4-11-7-10(5-6-15)8-12(9-16)13(11)14/h7-8H,2-5H2,1H3. The first-order valence-electron chi connectivity index (χ1n) is 5.31. The highest BCUT2D eigenvalue weighted by Crippen LogP contribution is 2.25. The molecule has 1 aromatic rings. The van der Waals surface area contributed by atoms with E-state index in [4.69, 9.17) is 10.5 Å². The Labute approximate surface area is 105 Å². The van der Waals surface area contributed by atoms with Gasteiger partial charge in [0.05, 0.1) is 18.1 Å². The van der Waals surface area contributed by atoms with Crippen LogP contribution in [0.3, 0.4) is 0 Å². The van der Waals surface area contributed by atoms with E-state index >= 15 is 0 Å². The molecule has 0 bridgehead atoms. The Hall–Kier alpha value is -1.32. The summed E-state index contributed by atoms with van der Waals surface area (Å²) in [6.07, 6.45) is 3.53. The van der Waals surface area contributed by atoms with Crippen LogP contribution in [0.2, 0.25) is 0 Å². The van der Waals surface area contributed by atoms with E-state index in [-0.39, 0.29) is 0 Å². The highest BCUT2D eigenvalue weighted by Gasteiger charge is 2.08. The van der Waals surface area contributed by atoms with Gasteiger partial charge >= 0.3 is 0 Å². The van der Waals surface area contributed by atoms with Crippen molar-refractivity contribution in [1.29, 1.82) is 10.5 Å². The van der Waals surface area contributed by atoms with Gasteiger partial charge in [0.1, 0.15) is 6.07 Å². The SMILES string of the molecule is CCCCc1cc(CC#N)cc(C#N)c1Br. The van der Waals surface area contributed by atoms with Crippen molar-refractivity contribution in [3.05, 3.63) is 33.3 Å². The zero-order valence-electron chi connectivity index (χ0n) is 9.26. The molecule has 0 aromatic heterocycles. The van der Waals surface area contributed by atoms with E-state index in [1.165, 1.54) is 0 Å². The Morgan fingerprint density at radius 1 is 1.31 bits per heavy atom. The molecular weight excluding hydrogens is 264 g/mol. The Balaban J connectivity index is 3.10. The molecular formula is C13H13BrN2. The lowest BCUT2D eigenvalue weighted by molar-refractivity contribution is 0.791. The number of unbranched alkanes of at least 4 members (excludes halogenated alkanes) is 1. The number of halogens is 1. The molecule has 0 spiro atoms.